The second-order valence-electron chi connectivity index (χ2n) is 8.06. The van der Waals surface area contributed by atoms with Crippen LogP contribution < -0.4 is 0 Å². The predicted octanol–water partition coefficient (Wildman–Crippen LogP) is 4.53. The average Bonchev–Trinajstić information content (AvgIpc) is 2.72. The van der Waals surface area contributed by atoms with Gasteiger partial charge in [0.2, 0.25) is 0 Å². The van der Waals surface area contributed by atoms with Crippen molar-refractivity contribution in [1.82, 2.24) is 4.90 Å². The Kier molecular flexibility index (Phi) is 8.16. The van der Waals surface area contributed by atoms with Crippen LogP contribution in [0.2, 0.25) is 0 Å². The first-order valence-corrected chi connectivity index (χ1v) is 11.5. The summed E-state index contributed by atoms with van der Waals surface area (Å²) in [7, 11) is 0. The van der Waals surface area contributed by atoms with Gasteiger partial charge in [-0.2, -0.15) is 0 Å². The quantitative estimate of drug-likeness (QED) is 0.368. The van der Waals surface area contributed by atoms with E-state index in [1.54, 1.807) is 24.3 Å². The molecule has 158 valence electrons. The van der Waals surface area contributed by atoms with Gasteiger partial charge in [0.05, 0.1) is 5.92 Å². The summed E-state index contributed by atoms with van der Waals surface area (Å²) in [6.07, 6.45) is 7.88. The van der Waals surface area contributed by atoms with E-state index in [1.807, 2.05) is 0 Å². The van der Waals surface area contributed by atoms with E-state index in [-0.39, 0.29) is 35.2 Å². The predicted molar refractivity (Wildman–Crippen MR) is 117 cm³/mol. The number of rotatable bonds is 8. The van der Waals surface area contributed by atoms with Crippen molar-refractivity contribution in [3.05, 3.63) is 42.0 Å². The van der Waals surface area contributed by atoms with Crippen LogP contribution in [-0.2, 0) is 9.59 Å². The van der Waals surface area contributed by atoms with E-state index in [0.717, 1.165) is 24.8 Å². The Balaban J connectivity index is 1.85. The monoisotopic (exact) mass is 437 g/mol. The van der Waals surface area contributed by atoms with Crippen LogP contribution in [0.3, 0.4) is 0 Å². The van der Waals surface area contributed by atoms with Gasteiger partial charge >= 0.3 is 0 Å². The van der Waals surface area contributed by atoms with Crippen LogP contribution in [0.1, 0.15) is 43.6 Å². The molecule has 0 aromatic heterocycles. The Hall–Kier alpha value is -1.36. The second kappa shape index (κ2) is 10.6. The minimum absolute atomic E-state index is 0.0213. The van der Waals surface area contributed by atoms with Gasteiger partial charge in [-0.15, -0.1) is 23.2 Å². The summed E-state index contributed by atoms with van der Waals surface area (Å²) in [5, 5.41) is 9.51. The molecule has 3 rings (SSSR count). The molecular formula is C23H29Cl2NO3. The highest BCUT2D eigenvalue weighted by Gasteiger charge is 2.45. The van der Waals surface area contributed by atoms with Gasteiger partial charge < -0.3 is 5.11 Å². The summed E-state index contributed by atoms with van der Waals surface area (Å²) in [6, 6.07) is 6.68. The van der Waals surface area contributed by atoms with Crippen molar-refractivity contribution in [3.8, 4) is 5.75 Å². The summed E-state index contributed by atoms with van der Waals surface area (Å²) < 4.78 is 0. The molecule has 0 unspecified atom stereocenters. The first-order valence-electron chi connectivity index (χ1n) is 10.4. The summed E-state index contributed by atoms with van der Waals surface area (Å²) in [4.78, 5) is 28.7. The van der Waals surface area contributed by atoms with E-state index in [2.05, 4.69) is 17.1 Å². The first-order chi connectivity index (χ1) is 14.0. The lowest BCUT2D eigenvalue weighted by Crippen LogP contribution is -2.54. The van der Waals surface area contributed by atoms with Gasteiger partial charge in [0.1, 0.15) is 17.3 Å². The lowest BCUT2D eigenvalue weighted by atomic mass is 9.69. The third kappa shape index (κ3) is 5.42. The third-order valence-corrected chi connectivity index (χ3v) is 6.59. The van der Waals surface area contributed by atoms with E-state index in [9.17, 15) is 14.7 Å². The maximum Gasteiger partial charge on any atom is 0.145 e. The molecule has 4 nitrogen and oxygen atoms in total. The molecular weight excluding hydrogens is 409 g/mol. The highest BCUT2D eigenvalue weighted by molar-refractivity contribution is 6.18. The molecule has 0 aliphatic heterocycles. The summed E-state index contributed by atoms with van der Waals surface area (Å²) in [5.41, 5.74) is 0.929. The molecule has 0 spiro atoms. The number of Topliss-reactive ketones (excluding diaryl/α,β-unsaturated/α-hetero) is 2. The number of halogens is 2. The average molecular weight is 438 g/mol. The van der Waals surface area contributed by atoms with Crippen molar-refractivity contribution < 1.29 is 14.7 Å². The summed E-state index contributed by atoms with van der Waals surface area (Å²) in [6.45, 7) is 1.25. The smallest absolute Gasteiger partial charge is 0.145 e. The first kappa shape index (κ1) is 22.3. The number of carbonyl (C=O) groups excluding carboxylic acids is 2. The van der Waals surface area contributed by atoms with Gasteiger partial charge in [0, 0.05) is 43.7 Å². The van der Waals surface area contributed by atoms with Crippen LogP contribution in [0, 0.1) is 11.8 Å². The van der Waals surface area contributed by atoms with Gasteiger partial charge in [0.25, 0.3) is 0 Å². The minimum atomic E-state index is -0.605. The summed E-state index contributed by atoms with van der Waals surface area (Å²) >= 11 is 12.1. The molecule has 1 aromatic rings. The number of hydrogen-bond donors (Lipinski definition) is 1. The molecule has 0 heterocycles. The van der Waals surface area contributed by atoms with Gasteiger partial charge in [-0.3, -0.25) is 14.5 Å². The van der Waals surface area contributed by atoms with Crippen LogP contribution in [-0.4, -0.2) is 52.5 Å². The molecule has 1 N–H and O–H groups in total. The Morgan fingerprint density at radius 1 is 1.00 bits per heavy atom. The Labute approximate surface area is 182 Å². The largest absolute Gasteiger partial charge is 0.508 e. The van der Waals surface area contributed by atoms with Gasteiger partial charge in [-0.1, -0.05) is 24.3 Å². The molecule has 1 fully saturated rings. The second-order valence-corrected chi connectivity index (χ2v) is 8.81. The zero-order valence-electron chi connectivity index (χ0n) is 16.6. The number of alkyl halides is 2. The molecule has 2 aliphatic rings. The standard InChI is InChI=1S/C23H29Cl2NO3/c24-10-12-26(13-11-25)23(17-4-2-1-3-5-17)22-20(28)14-18(15-21(22)29)16-6-8-19(27)9-7-16/h1-2,6-9,17-18,22-23,27H,3-5,10-15H2/t17-,18?,22?,23+/m1/s1. The lowest BCUT2D eigenvalue weighted by molar-refractivity contribution is -0.140. The molecule has 2 atom stereocenters. The van der Waals surface area contributed by atoms with Crippen molar-refractivity contribution in [2.75, 3.05) is 24.8 Å². The van der Waals surface area contributed by atoms with Crippen LogP contribution in [0.15, 0.2) is 36.4 Å². The van der Waals surface area contributed by atoms with Crippen molar-refractivity contribution in [1.29, 1.82) is 0 Å². The van der Waals surface area contributed by atoms with Crippen molar-refractivity contribution in [2.45, 2.75) is 44.1 Å². The Morgan fingerprint density at radius 3 is 2.14 bits per heavy atom. The number of ketones is 2. The zero-order valence-corrected chi connectivity index (χ0v) is 18.1. The van der Waals surface area contributed by atoms with E-state index in [1.165, 1.54) is 0 Å². The van der Waals surface area contributed by atoms with Crippen LogP contribution in [0.25, 0.3) is 0 Å². The van der Waals surface area contributed by atoms with Crippen LogP contribution in [0.5, 0.6) is 5.75 Å². The number of carbonyl (C=O) groups is 2. The highest BCUT2D eigenvalue weighted by atomic mass is 35.5. The molecule has 1 saturated carbocycles. The molecule has 0 radical (unpaired) electrons. The van der Waals surface area contributed by atoms with Crippen LogP contribution in [0.4, 0.5) is 0 Å². The molecule has 0 amide bonds. The SMILES string of the molecule is O=C1CC(c2ccc(O)cc2)CC(=O)C1[C@H]([C@@H]1CC=CCC1)N(CCCl)CCCl. The fourth-order valence-corrected chi connectivity index (χ4v) is 5.32. The number of benzene rings is 1. The maximum atomic E-state index is 13.3. The fourth-order valence-electron chi connectivity index (χ4n) is 4.89. The van der Waals surface area contributed by atoms with E-state index >= 15 is 0 Å². The molecule has 6 heteroatoms. The summed E-state index contributed by atoms with van der Waals surface area (Å²) in [5.74, 6) is 0.654. The molecule has 0 bridgehead atoms. The fraction of sp³-hybridized carbons (Fsp3) is 0.565. The highest BCUT2D eigenvalue weighted by Crippen LogP contribution is 2.39. The Bertz CT molecular complexity index is 710. The lowest BCUT2D eigenvalue weighted by Gasteiger charge is -2.43. The molecule has 2 aliphatic carbocycles. The van der Waals surface area contributed by atoms with Gasteiger partial charge in [-0.25, -0.2) is 0 Å². The van der Waals surface area contributed by atoms with Crippen molar-refractivity contribution in [3.63, 3.8) is 0 Å². The minimum Gasteiger partial charge on any atom is -0.508 e. The normalized spacial score (nSPS) is 26.1. The van der Waals surface area contributed by atoms with Crippen molar-refractivity contribution in [2.24, 2.45) is 11.8 Å². The van der Waals surface area contributed by atoms with E-state index in [0.29, 0.717) is 37.7 Å². The molecule has 29 heavy (non-hydrogen) atoms. The molecule has 1 aromatic carbocycles. The van der Waals surface area contributed by atoms with Gasteiger partial charge in [0.15, 0.2) is 0 Å². The third-order valence-electron chi connectivity index (χ3n) is 6.25. The molecule has 0 saturated heterocycles. The van der Waals surface area contributed by atoms with E-state index in [4.69, 9.17) is 23.2 Å². The topological polar surface area (TPSA) is 57.6 Å². The number of phenols is 1. The van der Waals surface area contributed by atoms with Crippen LogP contribution >= 0.6 is 23.2 Å². The van der Waals surface area contributed by atoms with E-state index < -0.39 is 5.92 Å². The number of allylic oxidation sites excluding steroid dienone is 2. The van der Waals surface area contributed by atoms with Crippen molar-refractivity contribution >= 4 is 34.8 Å². The maximum absolute atomic E-state index is 13.3. The number of nitrogens with zero attached hydrogens (tertiary/aromatic N) is 1. The zero-order chi connectivity index (χ0) is 20.8. The number of aromatic hydroxyl groups is 1. The number of phenolic OH excluding ortho intramolecular Hbond substituents is 1. The van der Waals surface area contributed by atoms with Gasteiger partial charge in [-0.05, 0) is 48.8 Å². The number of hydrogen-bond acceptors (Lipinski definition) is 4. The Morgan fingerprint density at radius 2 is 1.62 bits per heavy atom.